The van der Waals surface area contributed by atoms with E-state index in [9.17, 15) is 0 Å². The van der Waals surface area contributed by atoms with Gasteiger partial charge in [-0.3, -0.25) is 0 Å². The summed E-state index contributed by atoms with van der Waals surface area (Å²) in [6, 6.07) is 2.25. The van der Waals surface area contributed by atoms with E-state index in [2.05, 4.69) is 29.1 Å². The van der Waals surface area contributed by atoms with Gasteiger partial charge in [0.25, 0.3) is 0 Å². The van der Waals surface area contributed by atoms with Gasteiger partial charge >= 0.3 is 0 Å². The van der Waals surface area contributed by atoms with E-state index >= 15 is 0 Å². The quantitative estimate of drug-likeness (QED) is 0.781. The Bertz CT molecular complexity index is 290. The maximum absolute atomic E-state index is 5.77. The van der Waals surface area contributed by atoms with Crippen LogP contribution in [0, 0.1) is 12.8 Å². The predicted octanol–water partition coefficient (Wildman–Crippen LogP) is 2.46. The number of nitrogens with zero attached hydrogens (tertiary/aromatic N) is 2. The van der Waals surface area contributed by atoms with Crippen molar-refractivity contribution < 1.29 is 0 Å². The van der Waals surface area contributed by atoms with E-state index in [1.54, 1.807) is 6.33 Å². The van der Waals surface area contributed by atoms with Gasteiger partial charge in [0.2, 0.25) is 0 Å². The molecule has 4 heteroatoms. The fourth-order valence-electron chi connectivity index (χ4n) is 1.04. The number of aryl methyl sites for hydroxylation is 1. The molecule has 0 saturated heterocycles. The van der Waals surface area contributed by atoms with Gasteiger partial charge in [-0.2, -0.15) is 0 Å². The molecule has 1 aromatic heterocycles. The van der Waals surface area contributed by atoms with Gasteiger partial charge in [-0.15, -0.1) is 11.6 Å². The molecule has 14 heavy (non-hydrogen) atoms. The first-order valence-electron chi connectivity index (χ1n) is 4.74. The summed E-state index contributed by atoms with van der Waals surface area (Å²) in [5, 5.41) is 3.30. The lowest BCUT2D eigenvalue weighted by Gasteiger charge is -2.19. The zero-order chi connectivity index (χ0) is 10.6. The van der Waals surface area contributed by atoms with Crippen LogP contribution in [0.1, 0.15) is 19.5 Å². The Morgan fingerprint density at radius 3 is 2.71 bits per heavy atom. The second kappa shape index (κ2) is 5.15. The molecular weight excluding hydrogens is 198 g/mol. The number of alkyl halides is 1. The summed E-state index contributed by atoms with van der Waals surface area (Å²) in [7, 11) is 0. The maximum Gasteiger partial charge on any atom is 0.129 e. The molecular formula is C10H16ClN3. The van der Waals surface area contributed by atoms with Crippen LogP contribution in [0.5, 0.6) is 0 Å². The fourth-order valence-corrected chi connectivity index (χ4v) is 1.31. The summed E-state index contributed by atoms with van der Waals surface area (Å²) >= 11 is 5.77. The highest BCUT2D eigenvalue weighted by atomic mass is 35.5. The molecule has 1 N–H and O–H groups in total. The second-order valence-electron chi connectivity index (χ2n) is 3.61. The molecule has 2 atom stereocenters. The summed E-state index contributed by atoms with van der Waals surface area (Å²) in [6.45, 7) is 6.16. The van der Waals surface area contributed by atoms with Gasteiger partial charge in [0.05, 0.1) is 0 Å². The van der Waals surface area contributed by atoms with Crippen LogP contribution in [0.2, 0.25) is 0 Å². The van der Waals surface area contributed by atoms with Crippen LogP contribution >= 0.6 is 11.6 Å². The minimum Gasteiger partial charge on any atom is -0.367 e. The van der Waals surface area contributed by atoms with E-state index in [0.717, 1.165) is 11.5 Å². The van der Waals surface area contributed by atoms with E-state index in [1.165, 1.54) is 0 Å². The van der Waals surface area contributed by atoms with Crippen LogP contribution in [-0.2, 0) is 0 Å². The van der Waals surface area contributed by atoms with Crippen molar-refractivity contribution in [2.75, 3.05) is 11.2 Å². The zero-order valence-corrected chi connectivity index (χ0v) is 9.54. The van der Waals surface area contributed by atoms with Crippen LogP contribution in [0.3, 0.4) is 0 Å². The number of nitrogens with one attached hydrogen (secondary N) is 1. The van der Waals surface area contributed by atoms with Gasteiger partial charge < -0.3 is 5.32 Å². The lowest BCUT2D eigenvalue weighted by atomic mass is 10.1. The molecule has 78 valence electrons. The highest BCUT2D eigenvalue weighted by Crippen LogP contribution is 2.11. The minimum absolute atomic E-state index is 0.321. The number of halogens is 1. The third-order valence-electron chi connectivity index (χ3n) is 2.28. The highest BCUT2D eigenvalue weighted by Gasteiger charge is 2.10. The molecule has 3 nitrogen and oxygen atoms in total. The first-order valence-corrected chi connectivity index (χ1v) is 5.28. The van der Waals surface area contributed by atoms with Gasteiger partial charge in [0.1, 0.15) is 12.1 Å². The number of hydrogen-bond donors (Lipinski definition) is 1. The maximum atomic E-state index is 5.77. The number of aromatic nitrogens is 2. The summed E-state index contributed by atoms with van der Waals surface area (Å²) in [5.74, 6) is 1.94. The molecule has 1 rings (SSSR count). The average Bonchev–Trinajstić information content (AvgIpc) is 2.16. The number of hydrogen-bond acceptors (Lipinski definition) is 3. The van der Waals surface area contributed by atoms with Crippen LogP contribution in [0.4, 0.5) is 5.82 Å². The normalized spacial score (nSPS) is 14.9. The fraction of sp³-hybridized carbons (Fsp3) is 0.600. The number of rotatable bonds is 4. The largest absolute Gasteiger partial charge is 0.367 e. The van der Waals surface area contributed by atoms with E-state index in [1.807, 2.05) is 13.0 Å². The molecule has 0 aliphatic carbocycles. The monoisotopic (exact) mass is 213 g/mol. The third kappa shape index (κ3) is 3.14. The predicted molar refractivity (Wildman–Crippen MR) is 59.7 cm³/mol. The average molecular weight is 214 g/mol. The highest BCUT2D eigenvalue weighted by molar-refractivity contribution is 6.18. The van der Waals surface area contributed by atoms with Crippen molar-refractivity contribution in [2.45, 2.75) is 26.8 Å². The molecule has 0 fully saturated rings. The summed E-state index contributed by atoms with van der Waals surface area (Å²) in [5.41, 5.74) is 0.966. The lowest BCUT2D eigenvalue weighted by molar-refractivity contribution is 0.564. The van der Waals surface area contributed by atoms with E-state index in [4.69, 9.17) is 11.6 Å². The van der Waals surface area contributed by atoms with Crippen LogP contribution < -0.4 is 5.32 Å². The second-order valence-corrected chi connectivity index (χ2v) is 3.92. The molecule has 0 bridgehead atoms. The van der Waals surface area contributed by atoms with Gasteiger partial charge in [-0.1, -0.05) is 6.92 Å². The lowest BCUT2D eigenvalue weighted by Crippen LogP contribution is -2.25. The van der Waals surface area contributed by atoms with E-state index < -0.39 is 0 Å². The molecule has 0 aliphatic rings. The Kier molecular flexibility index (Phi) is 4.14. The molecule has 2 unspecified atom stereocenters. The molecule has 0 radical (unpaired) electrons. The van der Waals surface area contributed by atoms with Crippen LogP contribution in [0.15, 0.2) is 12.4 Å². The van der Waals surface area contributed by atoms with Crippen molar-refractivity contribution in [3.8, 4) is 0 Å². The topological polar surface area (TPSA) is 37.8 Å². The summed E-state index contributed by atoms with van der Waals surface area (Å²) < 4.78 is 0. The standard InChI is InChI=1S/C10H16ClN3/c1-7(5-11)9(3)14-10-4-8(2)12-6-13-10/h4,6-7,9H,5H2,1-3H3,(H,12,13,14). The van der Waals surface area contributed by atoms with Crippen molar-refractivity contribution in [3.05, 3.63) is 18.1 Å². The van der Waals surface area contributed by atoms with Crippen molar-refractivity contribution in [2.24, 2.45) is 5.92 Å². The third-order valence-corrected chi connectivity index (χ3v) is 2.76. The summed E-state index contributed by atoms with van der Waals surface area (Å²) in [6.07, 6.45) is 1.57. The first-order chi connectivity index (χ1) is 6.63. The molecule has 0 spiro atoms. The molecule has 1 heterocycles. The van der Waals surface area contributed by atoms with Crippen molar-refractivity contribution in [1.82, 2.24) is 9.97 Å². The Morgan fingerprint density at radius 2 is 2.14 bits per heavy atom. The van der Waals surface area contributed by atoms with Crippen molar-refractivity contribution in [1.29, 1.82) is 0 Å². The van der Waals surface area contributed by atoms with Crippen LogP contribution in [0.25, 0.3) is 0 Å². The van der Waals surface area contributed by atoms with Gasteiger partial charge in [-0.05, 0) is 19.8 Å². The molecule has 0 amide bonds. The molecule has 0 aliphatic heterocycles. The van der Waals surface area contributed by atoms with Crippen LogP contribution in [-0.4, -0.2) is 21.9 Å². The molecule has 0 aromatic carbocycles. The van der Waals surface area contributed by atoms with Gasteiger partial charge in [0, 0.05) is 23.7 Å². The number of anilines is 1. The minimum atomic E-state index is 0.321. The van der Waals surface area contributed by atoms with Gasteiger partial charge in [-0.25, -0.2) is 9.97 Å². The smallest absolute Gasteiger partial charge is 0.129 e. The molecule has 1 aromatic rings. The Morgan fingerprint density at radius 1 is 1.43 bits per heavy atom. The Labute approximate surface area is 89.9 Å². The van der Waals surface area contributed by atoms with Crippen molar-refractivity contribution in [3.63, 3.8) is 0 Å². The Balaban J connectivity index is 2.60. The first kappa shape index (κ1) is 11.2. The van der Waals surface area contributed by atoms with Gasteiger partial charge in [0.15, 0.2) is 0 Å². The molecule has 0 saturated carbocycles. The SMILES string of the molecule is Cc1cc(NC(C)C(C)CCl)ncn1. The zero-order valence-electron chi connectivity index (χ0n) is 8.79. The Hall–Kier alpha value is -0.830. The van der Waals surface area contributed by atoms with E-state index in [-0.39, 0.29) is 0 Å². The van der Waals surface area contributed by atoms with Crippen molar-refractivity contribution >= 4 is 17.4 Å². The summed E-state index contributed by atoms with van der Waals surface area (Å²) in [4.78, 5) is 8.17. The van der Waals surface area contributed by atoms with E-state index in [0.29, 0.717) is 17.8 Å².